The molecule has 0 radical (unpaired) electrons. The molecular formula is C8H6F3NOS. The van der Waals surface area contributed by atoms with E-state index in [9.17, 15) is 13.2 Å². The molecule has 1 N–H and O–H groups in total. The summed E-state index contributed by atoms with van der Waals surface area (Å²) in [5.41, 5.74) is -3.73. The first-order valence-electron chi connectivity index (χ1n) is 3.54. The fourth-order valence-corrected chi connectivity index (χ4v) is 1.36. The van der Waals surface area contributed by atoms with Crippen LogP contribution in [0.2, 0.25) is 0 Å². The molecule has 0 bridgehead atoms. The van der Waals surface area contributed by atoms with E-state index in [2.05, 4.69) is 5.16 Å². The van der Waals surface area contributed by atoms with Crippen LogP contribution in [-0.2, 0) is 0 Å². The van der Waals surface area contributed by atoms with Gasteiger partial charge in [0.25, 0.3) is 0 Å². The summed E-state index contributed by atoms with van der Waals surface area (Å²) >= 11 is -0.179. The highest BCUT2D eigenvalue weighted by molar-refractivity contribution is 8.00. The number of benzene rings is 1. The van der Waals surface area contributed by atoms with Crippen LogP contribution in [0.25, 0.3) is 0 Å². The van der Waals surface area contributed by atoms with Gasteiger partial charge < -0.3 is 5.21 Å². The number of thioether (sulfide) groups is 1. The van der Waals surface area contributed by atoms with Crippen molar-refractivity contribution in [1.82, 2.24) is 0 Å². The summed E-state index contributed by atoms with van der Waals surface area (Å²) < 4.78 is 35.7. The molecule has 0 spiro atoms. The fourth-order valence-electron chi connectivity index (χ4n) is 0.822. The van der Waals surface area contributed by atoms with Crippen molar-refractivity contribution in [1.29, 1.82) is 0 Å². The number of oxime groups is 1. The van der Waals surface area contributed by atoms with Crippen molar-refractivity contribution in [2.75, 3.05) is 0 Å². The SMILES string of the molecule is O/N=C/c1ccc(SC(F)(F)F)cc1. The van der Waals surface area contributed by atoms with Gasteiger partial charge in [0, 0.05) is 4.90 Å². The van der Waals surface area contributed by atoms with Crippen LogP contribution in [0.1, 0.15) is 5.56 Å². The van der Waals surface area contributed by atoms with Crippen molar-refractivity contribution in [3.05, 3.63) is 29.8 Å². The van der Waals surface area contributed by atoms with Crippen LogP contribution in [-0.4, -0.2) is 16.9 Å². The van der Waals surface area contributed by atoms with Gasteiger partial charge in [0.15, 0.2) is 0 Å². The number of nitrogens with zero attached hydrogens (tertiary/aromatic N) is 1. The lowest BCUT2D eigenvalue weighted by atomic mass is 10.2. The fraction of sp³-hybridized carbons (Fsp3) is 0.125. The summed E-state index contributed by atoms with van der Waals surface area (Å²) in [4.78, 5) is 0.104. The highest BCUT2D eigenvalue weighted by Crippen LogP contribution is 2.36. The standard InChI is InChI=1S/C8H6F3NOS/c9-8(10,11)14-7-3-1-6(2-4-7)5-12-13/h1-5,13H/b12-5+. The van der Waals surface area contributed by atoms with E-state index in [0.717, 1.165) is 6.21 Å². The number of hydrogen-bond donors (Lipinski definition) is 1. The van der Waals surface area contributed by atoms with Crippen molar-refractivity contribution in [3.63, 3.8) is 0 Å². The lowest BCUT2D eigenvalue weighted by Crippen LogP contribution is -1.98. The molecule has 0 heterocycles. The zero-order valence-corrected chi connectivity index (χ0v) is 7.64. The maximum absolute atomic E-state index is 11.9. The highest BCUT2D eigenvalue weighted by Gasteiger charge is 2.28. The van der Waals surface area contributed by atoms with E-state index in [-0.39, 0.29) is 16.7 Å². The average Bonchev–Trinajstić information content (AvgIpc) is 2.06. The zero-order chi connectivity index (χ0) is 10.6. The Bertz CT molecular complexity index is 320. The first-order chi connectivity index (χ1) is 6.51. The molecular weight excluding hydrogens is 215 g/mol. The Morgan fingerprint density at radius 2 is 1.79 bits per heavy atom. The van der Waals surface area contributed by atoms with Gasteiger partial charge in [-0.15, -0.1) is 0 Å². The predicted molar refractivity (Wildman–Crippen MR) is 47.7 cm³/mol. The molecule has 0 saturated carbocycles. The second-order valence-corrected chi connectivity index (χ2v) is 3.50. The average molecular weight is 221 g/mol. The molecule has 2 nitrogen and oxygen atoms in total. The maximum Gasteiger partial charge on any atom is 0.446 e. The van der Waals surface area contributed by atoms with Crippen molar-refractivity contribution in [2.24, 2.45) is 5.16 Å². The monoisotopic (exact) mass is 221 g/mol. The van der Waals surface area contributed by atoms with E-state index in [1.54, 1.807) is 0 Å². The Kier molecular flexibility index (Phi) is 3.40. The molecule has 0 aromatic heterocycles. The first kappa shape index (κ1) is 10.9. The van der Waals surface area contributed by atoms with E-state index in [1.165, 1.54) is 24.3 Å². The van der Waals surface area contributed by atoms with Crippen molar-refractivity contribution < 1.29 is 18.4 Å². The minimum Gasteiger partial charge on any atom is -0.411 e. The van der Waals surface area contributed by atoms with Crippen LogP contribution in [0.4, 0.5) is 13.2 Å². The predicted octanol–water partition coefficient (Wildman–Crippen LogP) is 3.11. The molecule has 0 aliphatic rings. The molecule has 76 valence electrons. The molecule has 1 aromatic carbocycles. The van der Waals surface area contributed by atoms with Crippen LogP contribution in [0.3, 0.4) is 0 Å². The van der Waals surface area contributed by atoms with Crippen LogP contribution in [0.5, 0.6) is 0 Å². The van der Waals surface area contributed by atoms with Gasteiger partial charge in [-0.25, -0.2) is 0 Å². The molecule has 0 aliphatic heterocycles. The zero-order valence-electron chi connectivity index (χ0n) is 6.82. The van der Waals surface area contributed by atoms with E-state index < -0.39 is 5.51 Å². The lowest BCUT2D eigenvalue weighted by molar-refractivity contribution is -0.0328. The van der Waals surface area contributed by atoms with Crippen LogP contribution >= 0.6 is 11.8 Å². The van der Waals surface area contributed by atoms with Crippen molar-refractivity contribution in [3.8, 4) is 0 Å². The van der Waals surface area contributed by atoms with Crippen molar-refractivity contribution >= 4 is 18.0 Å². The number of hydrogen-bond acceptors (Lipinski definition) is 3. The van der Waals surface area contributed by atoms with E-state index >= 15 is 0 Å². The van der Waals surface area contributed by atoms with Gasteiger partial charge in [0.2, 0.25) is 0 Å². The third-order valence-corrected chi connectivity index (χ3v) is 2.06. The summed E-state index contributed by atoms with van der Waals surface area (Å²) in [5, 5.41) is 10.9. The normalized spacial score (nSPS) is 12.2. The van der Waals surface area contributed by atoms with Gasteiger partial charge in [-0.05, 0) is 29.5 Å². The quantitative estimate of drug-likeness (QED) is 0.360. The summed E-state index contributed by atoms with van der Waals surface area (Å²) in [7, 11) is 0. The van der Waals surface area contributed by atoms with Crippen LogP contribution in [0.15, 0.2) is 34.3 Å². The van der Waals surface area contributed by atoms with E-state index in [4.69, 9.17) is 5.21 Å². The minimum atomic E-state index is -4.27. The summed E-state index contributed by atoms with van der Waals surface area (Å²) in [6.45, 7) is 0. The minimum absolute atomic E-state index is 0.104. The third kappa shape index (κ3) is 3.69. The second kappa shape index (κ2) is 4.36. The number of alkyl halides is 3. The maximum atomic E-state index is 11.9. The molecule has 0 amide bonds. The van der Waals surface area contributed by atoms with Gasteiger partial charge in [-0.2, -0.15) is 13.2 Å². The van der Waals surface area contributed by atoms with E-state index in [1.807, 2.05) is 0 Å². The Balaban J connectivity index is 2.74. The van der Waals surface area contributed by atoms with Gasteiger partial charge in [0.1, 0.15) is 0 Å². The van der Waals surface area contributed by atoms with Crippen molar-refractivity contribution in [2.45, 2.75) is 10.4 Å². The molecule has 1 aromatic rings. The molecule has 0 aliphatic carbocycles. The Hall–Kier alpha value is -1.17. The number of halogens is 3. The first-order valence-corrected chi connectivity index (χ1v) is 4.36. The topological polar surface area (TPSA) is 32.6 Å². The van der Waals surface area contributed by atoms with Gasteiger partial charge in [-0.1, -0.05) is 17.3 Å². The molecule has 1 rings (SSSR count). The second-order valence-electron chi connectivity index (χ2n) is 2.36. The molecule has 6 heteroatoms. The highest BCUT2D eigenvalue weighted by atomic mass is 32.2. The molecule has 0 atom stereocenters. The Morgan fingerprint density at radius 1 is 1.21 bits per heavy atom. The molecule has 14 heavy (non-hydrogen) atoms. The largest absolute Gasteiger partial charge is 0.446 e. The molecule has 0 fully saturated rings. The van der Waals surface area contributed by atoms with Crippen LogP contribution in [0, 0.1) is 0 Å². The Morgan fingerprint density at radius 3 is 2.21 bits per heavy atom. The number of rotatable bonds is 2. The van der Waals surface area contributed by atoms with Gasteiger partial charge >= 0.3 is 5.51 Å². The lowest BCUT2D eigenvalue weighted by Gasteiger charge is -2.04. The summed E-state index contributed by atoms with van der Waals surface area (Å²) in [5.74, 6) is 0. The molecule has 0 unspecified atom stereocenters. The molecule has 0 saturated heterocycles. The van der Waals surface area contributed by atoms with E-state index in [0.29, 0.717) is 5.56 Å². The van der Waals surface area contributed by atoms with Crippen LogP contribution < -0.4 is 0 Å². The third-order valence-electron chi connectivity index (χ3n) is 1.32. The summed E-state index contributed by atoms with van der Waals surface area (Å²) in [6.07, 6.45) is 1.14. The van der Waals surface area contributed by atoms with Gasteiger partial charge in [-0.3, -0.25) is 0 Å². The van der Waals surface area contributed by atoms with Gasteiger partial charge in [0.05, 0.1) is 6.21 Å². The Labute approximate surface area is 82.4 Å². The summed E-state index contributed by atoms with van der Waals surface area (Å²) in [6, 6.07) is 5.51. The smallest absolute Gasteiger partial charge is 0.411 e.